The molecule has 1 N–H and O–H groups in total. The third-order valence-electron chi connectivity index (χ3n) is 3.09. The van der Waals surface area contributed by atoms with E-state index in [0.717, 1.165) is 42.0 Å². The van der Waals surface area contributed by atoms with Crippen LogP contribution in [0.2, 0.25) is 5.28 Å². The predicted molar refractivity (Wildman–Crippen MR) is 84.9 cm³/mol. The van der Waals surface area contributed by atoms with Crippen LogP contribution in [0.3, 0.4) is 0 Å². The van der Waals surface area contributed by atoms with Crippen molar-refractivity contribution in [3.05, 3.63) is 28.6 Å². The van der Waals surface area contributed by atoms with Crippen LogP contribution >= 0.6 is 22.9 Å². The van der Waals surface area contributed by atoms with Gasteiger partial charge in [-0.15, -0.1) is 16.4 Å². The summed E-state index contributed by atoms with van der Waals surface area (Å²) >= 11 is 7.66. The Balaban J connectivity index is 1.69. The Labute approximate surface area is 131 Å². The molecular weight excluding hydrogens is 308 g/mol. The van der Waals surface area contributed by atoms with Gasteiger partial charge < -0.3 is 5.32 Å². The van der Waals surface area contributed by atoms with E-state index >= 15 is 0 Å². The van der Waals surface area contributed by atoms with Crippen LogP contribution in [-0.2, 0) is 13.0 Å². The zero-order valence-electron chi connectivity index (χ0n) is 11.6. The second-order valence-corrected chi connectivity index (χ2v) is 6.03. The highest BCUT2D eigenvalue weighted by molar-refractivity contribution is 7.18. The molecule has 0 saturated heterocycles. The molecule has 21 heavy (non-hydrogen) atoms. The van der Waals surface area contributed by atoms with Crippen LogP contribution in [0.1, 0.15) is 18.2 Å². The summed E-state index contributed by atoms with van der Waals surface area (Å²) in [6, 6.07) is 2.14. The fourth-order valence-electron chi connectivity index (χ4n) is 2.05. The smallest absolute Gasteiger partial charge is 0.225 e. The first kappa shape index (κ1) is 14.2. The number of thiophene rings is 1. The Bertz CT molecular complexity index is 724. The van der Waals surface area contributed by atoms with Crippen molar-refractivity contribution in [1.82, 2.24) is 25.0 Å². The van der Waals surface area contributed by atoms with Crippen molar-refractivity contribution in [3.8, 4) is 0 Å². The van der Waals surface area contributed by atoms with Gasteiger partial charge in [0.25, 0.3) is 0 Å². The summed E-state index contributed by atoms with van der Waals surface area (Å²) in [6.45, 7) is 3.74. The Morgan fingerprint density at radius 2 is 2.29 bits per heavy atom. The summed E-state index contributed by atoms with van der Waals surface area (Å²) in [7, 11) is 0. The third-order valence-corrected chi connectivity index (χ3v) is 4.44. The summed E-state index contributed by atoms with van der Waals surface area (Å²) in [5.74, 6) is 0.805. The minimum absolute atomic E-state index is 0.283. The quantitative estimate of drug-likeness (QED) is 0.558. The van der Waals surface area contributed by atoms with Crippen LogP contribution in [0.15, 0.2) is 18.5 Å². The van der Waals surface area contributed by atoms with E-state index in [1.54, 1.807) is 17.5 Å². The molecule has 3 aromatic heterocycles. The fourth-order valence-corrected chi connectivity index (χ4v) is 3.24. The first-order chi connectivity index (χ1) is 10.3. The van der Waals surface area contributed by atoms with Crippen molar-refractivity contribution < 1.29 is 0 Å². The highest BCUT2D eigenvalue weighted by Crippen LogP contribution is 2.30. The van der Waals surface area contributed by atoms with Gasteiger partial charge in [-0.1, -0.05) is 12.1 Å². The largest absolute Gasteiger partial charge is 0.369 e. The number of nitrogens with zero attached hydrogens (tertiary/aromatic N) is 5. The molecule has 6 nitrogen and oxygen atoms in total. The predicted octanol–water partition coefficient (Wildman–Crippen LogP) is 3.00. The maximum absolute atomic E-state index is 5.99. The molecule has 3 rings (SSSR count). The number of aromatic nitrogens is 5. The molecule has 0 aliphatic rings. The van der Waals surface area contributed by atoms with Crippen molar-refractivity contribution in [2.75, 3.05) is 11.9 Å². The van der Waals surface area contributed by atoms with Crippen LogP contribution in [0.25, 0.3) is 10.2 Å². The lowest BCUT2D eigenvalue weighted by molar-refractivity contribution is 0.569. The van der Waals surface area contributed by atoms with Crippen molar-refractivity contribution >= 4 is 39.0 Å². The molecule has 0 aliphatic carbocycles. The minimum atomic E-state index is 0.283. The topological polar surface area (TPSA) is 68.5 Å². The number of anilines is 1. The van der Waals surface area contributed by atoms with E-state index in [1.165, 1.54) is 4.88 Å². The van der Waals surface area contributed by atoms with Gasteiger partial charge in [-0.05, 0) is 30.5 Å². The van der Waals surface area contributed by atoms with Crippen molar-refractivity contribution in [1.29, 1.82) is 0 Å². The Morgan fingerprint density at radius 3 is 3.05 bits per heavy atom. The van der Waals surface area contributed by atoms with E-state index < -0.39 is 0 Å². The summed E-state index contributed by atoms with van der Waals surface area (Å²) in [4.78, 5) is 10.8. The first-order valence-electron chi connectivity index (χ1n) is 6.80. The number of hydrogen-bond donors (Lipinski definition) is 1. The highest BCUT2D eigenvalue weighted by atomic mass is 35.5. The van der Waals surface area contributed by atoms with Crippen LogP contribution in [0.5, 0.6) is 0 Å². The van der Waals surface area contributed by atoms with E-state index in [1.807, 2.05) is 10.9 Å². The summed E-state index contributed by atoms with van der Waals surface area (Å²) in [5, 5.41) is 12.4. The maximum atomic E-state index is 5.99. The lowest BCUT2D eigenvalue weighted by atomic mass is 10.3. The minimum Gasteiger partial charge on any atom is -0.369 e. The summed E-state index contributed by atoms with van der Waals surface area (Å²) < 4.78 is 1.81. The van der Waals surface area contributed by atoms with Gasteiger partial charge in [0, 0.05) is 24.2 Å². The Morgan fingerprint density at radius 1 is 1.38 bits per heavy atom. The van der Waals surface area contributed by atoms with Crippen LogP contribution in [0, 0.1) is 0 Å². The number of aryl methyl sites for hydroxylation is 2. The lowest BCUT2D eigenvalue weighted by Gasteiger charge is -2.06. The SMILES string of the molecule is CCc1cc2c(NCCCn3ccnn3)nc(Cl)nc2s1. The standard InChI is InChI=1S/C13H15ClN6S/c1-2-9-8-10-11(17-13(14)18-12(10)21-9)15-4-3-6-20-7-5-16-19-20/h5,7-8H,2-4,6H2,1H3,(H,15,17,18). The zero-order chi connectivity index (χ0) is 14.7. The Hall–Kier alpha value is -1.73. The van der Waals surface area contributed by atoms with Gasteiger partial charge in [-0.2, -0.15) is 0 Å². The monoisotopic (exact) mass is 322 g/mol. The number of halogens is 1. The van der Waals surface area contributed by atoms with Gasteiger partial charge in [0.2, 0.25) is 5.28 Å². The van der Waals surface area contributed by atoms with E-state index in [0.29, 0.717) is 0 Å². The molecule has 0 bridgehead atoms. The van der Waals surface area contributed by atoms with Crippen LogP contribution in [0.4, 0.5) is 5.82 Å². The molecule has 3 aromatic rings. The molecule has 8 heteroatoms. The van der Waals surface area contributed by atoms with Gasteiger partial charge >= 0.3 is 0 Å². The fraction of sp³-hybridized carbons (Fsp3) is 0.385. The molecule has 0 unspecified atom stereocenters. The Kier molecular flexibility index (Phi) is 4.31. The number of nitrogens with one attached hydrogen (secondary N) is 1. The molecule has 0 aliphatic heterocycles. The molecule has 0 atom stereocenters. The average Bonchev–Trinajstić information content (AvgIpc) is 3.11. The summed E-state index contributed by atoms with van der Waals surface area (Å²) in [6.07, 6.45) is 5.45. The third kappa shape index (κ3) is 3.30. The molecular formula is C13H15ClN6S. The van der Waals surface area contributed by atoms with Crippen LogP contribution < -0.4 is 5.32 Å². The lowest BCUT2D eigenvalue weighted by Crippen LogP contribution is -2.08. The van der Waals surface area contributed by atoms with Crippen molar-refractivity contribution in [2.45, 2.75) is 26.3 Å². The first-order valence-corrected chi connectivity index (χ1v) is 7.99. The number of rotatable bonds is 6. The summed E-state index contributed by atoms with van der Waals surface area (Å²) in [5.41, 5.74) is 0. The second kappa shape index (κ2) is 6.36. The van der Waals surface area contributed by atoms with Gasteiger partial charge in [0.15, 0.2) is 0 Å². The van der Waals surface area contributed by atoms with Crippen molar-refractivity contribution in [3.63, 3.8) is 0 Å². The van der Waals surface area contributed by atoms with E-state index in [2.05, 4.69) is 38.6 Å². The molecule has 0 amide bonds. The normalized spacial score (nSPS) is 11.1. The molecule has 0 saturated carbocycles. The number of hydrogen-bond acceptors (Lipinski definition) is 6. The molecule has 0 aromatic carbocycles. The molecule has 0 radical (unpaired) electrons. The van der Waals surface area contributed by atoms with Gasteiger partial charge in [0.05, 0.1) is 11.6 Å². The maximum Gasteiger partial charge on any atom is 0.225 e. The van der Waals surface area contributed by atoms with Crippen molar-refractivity contribution in [2.24, 2.45) is 0 Å². The van der Waals surface area contributed by atoms with Gasteiger partial charge in [0.1, 0.15) is 10.6 Å². The van der Waals surface area contributed by atoms with E-state index in [4.69, 9.17) is 11.6 Å². The molecule has 3 heterocycles. The van der Waals surface area contributed by atoms with E-state index in [9.17, 15) is 0 Å². The van der Waals surface area contributed by atoms with Gasteiger partial charge in [-0.3, -0.25) is 4.68 Å². The zero-order valence-corrected chi connectivity index (χ0v) is 13.2. The molecule has 110 valence electrons. The molecule has 0 spiro atoms. The molecule has 0 fully saturated rings. The van der Waals surface area contributed by atoms with E-state index in [-0.39, 0.29) is 5.28 Å². The average molecular weight is 323 g/mol. The van der Waals surface area contributed by atoms with Crippen LogP contribution in [-0.4, -0.2) is 31.5 Å². The van der Waals surface area contributed by atoms with Gasteiger partial charge in [-0.25, -0.2) is 9.97 Å². The number of fused-ring (bicyclic) bond motifs is 1. The highest BCUT2D eigenvalue weighted by Gasteiger charge is 2.10. The second-order valence-electron chi connectivity index (χ2n) is 4.57.